The number of rotatable bonds is 8. The minimum absolute atomic E-state index is 0.213. The fourth-order valence-electron chi connectivity index (χ4n) is 1.70. The van der Waals surface area contributed by atoms with Crippen molar-refractivity contribution in [2.24, 2.45) is 5.73 Å². The topological polar surface area (TPSA) is 47.3 Å². The van der Waals surface area contributed by atoms with E-state index in [-0.39, 0.29) is 6.04 Å². The van der Waals surface area contributed by atoms with E-state index in [1.54, 1.807) is 0 Å². The Morgan fingerprint density at radius 2 is 2.06 bits per heavy atom. The molecule has 0 spiro atoms. The average molecular weight is 236 g/mol. The molecule has 3 heteroatoms. The van der Waals surface area contributed by atoms with Gasteiger partial charge in [-0.05, 0) is 25.5 Å². The van der Waals surface area contributed by atoms with Crippen LogP contribution in [0.5, 0.6) is 5.75 Å². The molecule has 0 heterocycles. The van der Waals surface area contributed by atoms with Gasteiger partial charge < -0.3 is 15.8 Å². The van der Waals surface area contributed by atoms with Crippen LogP contribution in [0.15, 0.2) is 24.3 Å². The lowest BCUT2D eigenvalue weighted by molar-refractivity contribution is 0.341. The molecule has 0 radical (unpaired) electrons. The minimum atomic E-state index is 0.213. The Hall–Kier alpha value is -1.22. The second-order valence-corrected chi connectivity index (χ2v) is 4.21. The standard InChI is InChI=1S/C14H24N2O/c1-3-5-8-12(15)11-16-13-9-6-7-10-14(13)17-4-2/h6-7,9-10,12,16H,3-5,8,11,15H2,1-2H3. The Balaban J connectivity index is 2.44. The zero-order valence-electron chi connectivity index (χ0n) is 10.9. The van der Waals surface area contributed by atoms with E-state index in [4.69, 9.17) is 10.5 Å². The van der Waals surface area contributed by atoms with Crippen LogP contribution in [-0.2, 0) is 0 Å². The van der Waals surface area contributed by atoms with Crippen molar-refractivity contribution < 1.29 is 4.74 Å². The first-order valence-electron chi connectivity index (χ1n) is 6.49. The molecule has 96 valence electrons. The lowest BCUT2D eigenvalue weighted by atomic mass is 10.1. The van der Waals surface area contributed by atoms with E-state index in [1.165, 1.54) is 12.8 Å². The van der Waals surface area contributed by atoms with Gasteiger partial charge in [0.25, 0.3) is 0 Å². The number of unbranched alkanes of at least 4 members (excludes halogenated alkanes) is 1. The van der Waals surface area contributed by atoms with Gasteiger partial charge in [0.05, 0.1) is 12.3 Å². The SMILES string of the molecule is CCCCC(N)CNc1ccccc1OCC. The third kappa shape index (κ3) is 5.09. The van der Waals surface area contributed by atoms with Crippen LogP contribution >= 0.6 is 0 Å². The Morgan fingerprint density at radius 3 is 2.76 bits per heavy atom. The first kappa shape index (κ1) is 13.8. The summed E-state index contributed by atoms with van der Waals surface area (Å²) < 4.78 is 5.55. The van der Waals surface area contributed by atoms with Gasteiger partial charge in [0, 0.05) is 12.6 Å². The van der Waals surface area contributed by atoms with Gasteiger partial charge in [-0.3, -0.25) is 0 Å². The fourth-order valence-corrected chi connectivity index (χ4v) is 1.70. The summed E-state index contributed by atoms with van der Waals surface area (Å²) in [6, 6.07) is 8.20. The van der Waals surface area contributed by atoms with Gasteiger partial charge in [0.15, 0.2) is 0 Å². The maximum absolute atomic E-state index is 6.03. The number of benzene rings is 1. The van der Waals surface area contributed by atoms with Crippen molar-refractivity contribution in [3.8, 4) is 5.75 Å². The second kappa shape index (κ2) is 7.96. The lowest BCUT2D eigenvalue weighted by Crippen LogP contribution is -2.29. The van der Waals surface area contributed by atoms with E-state index >= 15 is 0 Å². The molecule has 0 aliphatic heterocycles. The van der Waals surface area contributed by atoms with Crippen molar-refractivity contribution in [1.29, 1.82) is 0 Å². The van der Waals surface area contributed by atoms with Crippen LogP contribution in [-0.4, -0.2) is 19.2 Å². The predicted molar refractivity (Wildman–Crippen MR) is 73.6 cm³/mol. The van der Waals surface area contributed by atoms with Gasteiger partial charge in [-0.15, -0.1) is 0 Å². The summed E-state index contributed by atoms with van der Waals surface area (Å²) in [5.41, 5.74) is 7.06. The number of ether oxygens (including phenoxy) is 1. The number of nitrogens with one attached hydrogen (secondary N) is 1. The van der Waals surface area contributed by atoms with Crippen molar-refractivity contribution in [3.05, 3.63) is 24.3 Å². The van der Waals surface area contributed by atoms with Crippen molar-refractivity contribution in [2.45, 2.75) is 39.2 Å². The zero-order valence-corrected chi connectivity index (χ0v) is 10.9. The molecule has 1 atom stereocenters. The molecule has 0 bridgehead atoms. The van der Waals surface area contributed by atoms with Gasteiger partial charge >= 0.3 is 0 Å². The summed E-state index contributed by atoms with van der Waals surface area (Å²) in [6.07, 6.45) is 3.46. The zero-order chi connectivity index (χ0) is 12.5. The largest absolute Gasteiger partial charge is 0.492 e. The maximum atomic E-state index is 6.03. The smallest absolute Gasteiger partial charge is 0.142 e. The van der Waals surface area contributed by atoms with E-state index < -0.39 is 0 Å². The Labute approximate surface area is 104 Å². The third-order valence-corrected chi connectivity index (χ3v) is 2.67. The van der Waals surface area contributed by atoms with Gasteiger partial charge in [0.1, 0.15) is 5.75 Å². The molecule has 1 aromatic rings. The molecule has 0 aliphatic rings. The molecule has 3 N–H and O–H groups in total. The molecule has 0 saturated heterocycles. The number of para-hydroxylation sites is 2. The summed E-state index contributed by atoms with van der Waals surface area (Å²) in [4.78, 5) is 0. The highest BCUT2D eigenvalue weighted by molar-refractivity contribution is 5.56. The number of nitrogens with two attached hydrogens (primary N) is 1. The van der Waals surface area contributed by atoms with Crippen LogP contribution < -0.4 is 15.8 Å². The summed E-state index contributed by atoms with van der Waals surface area (Å²) in [5.74, 6) is 0.901. The highest BCUT2D eigenvalue weighted by atomic mass is 16.5. The first-order chi connectivity index (χ1) is 8.27. The molecule has 1 rings (SSSR count). The molecule has 0 amide bonds. The monoisotopic (exact) mass is 236 g/mol. The highest BCUT2D eigenvalue weighted by Crippen LogP contribution is 2.23. The second-order valence-electron chi connectivity index (χ2n) is 4.21. The van der Waals surface area contributed by atoms with Crippen LogP contribution in [0, 0.1) is 0 Å². The summed E-state index contributed by atoms with van der Waals surface area (Å²) in [5, 5.41) is 3.36. The minimum Gasteiger partial charge on any atom is -0.492 e. The number of anilines is 1. The molecule has 0 aliphatic carbocycles. The lowest BCUT2D eigenvalue weighted by Gasteiger charge is -2.15. The van der Waals surface area contributed by atoms with Crippen LogP contribution in [0.4, 0.5) is 5.69 Å². The van der Waals surface area contributed by atoms with E-state index in [9.17, 15) is 0 Å². The quantitative estimate of drug-likeness (QED) is 0.729. The first-order valence-corrected chi connectivity index (χ1v) is 6.49. The Morgan fingerprint density at radius 1 is 1.29 bits per heavy atom. The van der Waals surface area contributed by atoms with E-state index in [0.29, 0.717) is 6.61 Å². The number of hydrogen-bond acceptors (Lipinski definition) is 3. The average Bonchev–Trinajstić information content (AvgIpc) is 2.35. The Kier molecular flexibility index (Phi) is 6.48. The van der Waals surface area contributed by atoms with E-state index in [0.717, 1.165) is 24.4 Å². The van der Waals surface area contributed by atoms with Gasteiger partial charge in [-0.2, -0.15) is 0 Å². The van der Waals surface area contributed by atoms with Crippen LogP contribution in [0.25, 0.3) is 0 Å². The van der Waals surface area contributed by atoms with Gasteiger partial charge in [-0.25, -0.2) is 0 Å². The van der Waals surface area contributed by atoms with Gasteiger partial charge in [0.2, 0.25) is 0 Å². The predicted octanol–water partition coefficient (Wildman–Crippen LogP) is 3.01. The van der Waals surface area contributed by atoms with Crippen LogP contribution in [0.1, 0.15) is 33.1 Å². The highest BCUT2D eigenvalue weighted by Gasteiger charge is 2.05. The summed E-state index contributed by atoms with van der Waals surface area (Å²) >= 11 is 0. The maximum Gasteiger partial charge on any atom is 0.142 e. The molecule has 1 aromatic carbocycles. The summed E-state index contributed by atoms with van der Waals surface area (Å²) in [7, 11) is 0. The van der Waals surface area contributed by atoms with Crippen molar-refractivity contribution in [2.75, 3.05) is 18.5 Å². The van der Waals surface area contributed by atoms with Crippen LogP contribution in [0.3, 0.4) is 0 Å². The molecule has 0 saturated carbocycles. The van der Waals surface area contributed by atoms with E-state index in [2.05, 4.69) is 12.2 Å². The van der Waals surface area contributed by atoms with Crippen molar-refractivity contribution >= 4 is 5.69 Å². The van der Waals surface area contributed by atoms with Crippen LogP contribution in [0.2, 0.25) is 0 Å². The molecule has 0 fully saturated rings. The van der Waals surface area contributed by atoms with Crippen molar-refractivity contribution in [3.63, 3.8) is 0 Å². The fraction of sp³-hybridized carbons (Fsp3) is 0.571. The Bertz CT molecular complexity index is 315. The number of hydrogen-bond donors (Lipinski definition) is 2. The molecular weight excluding hydrogens is 212 g/mol. The molecule has 17 heavy (non-hydrogen) atoms. The molecule has 0 aromatic heterocycles. The molecule has 1 unspecified atom stereocenters. The third-order valence-electron chi connectivity index (χ3n) is 2.67. The van der Waals surface area contributed by atoms with E-state index in [1.807, 2.05) is 31.2 Å². The normalized spacial score (nSPS) is 12.2. The molecular formula is C14H24N2O. The molecule has 3 nitrogen and oxygen atoms in total. The summed E-state index contributed by atoms with van der Waals surface area (Å²) in [6.45, 7) is 5.65. The van der Waals surface area contributed by atoms with Crippen molar-refractivity contribution in [1.82, 2.24) is 0 Å². The van der Waals surface area contributed by atoms with Gasteiger partial charge in [-0.1, -0.05) is 31.9 Å².